The Labute approximate surface area is 183 Å². The number of hydrogen-bond acceptors (Lipinski definition) is 7. The molecule has 4 aromatic rings. The first-order chi connectivity index (χ1) is 15.6. The molecule has 0 spiro atoms. The van der Waals surface area contributed by atoms with E-state index in [4.69, 9.17) is 4.42 Å². The van der Waals surface area contributed by atoms with Gasteiger partial charge in [-0.25, -0.2) is 14.6 Å². The molecule has 0 radical (unpaired) electrons. The first kappa shape index (κ1) is 19.7. The molecule has 9 nitrogen and oxygen atoms in total. The average Bonchev–Trinajstić information content (AvgIpc) is 3.48. The first-order valence-corrected chi connectivity index (χ1v) is 10.2. The van der Waals surface area contributed by atoms with Crippen LogP contribution >= 0.6 is 0 Å². The van der Waals surface area contributed by atoms with E-state index in [2.05, 4.69) is 27.0 Å². The zero-order valence-electron chi connectivity index (χ0n) is 17.2. The highest BCUT2D eigenvalue weighted by Crippen LogP contribution is 2.26. The predicted octanol–water partition coefficient (Wildman–Crippen LogP) is 3.50. The summed E-state index contributed by atoms with van der Waals surface area (Å²) in [5.74, 6) is 0.957. The van der Waals surface area contributed by atoms with Crippen LogP contribution in [0.25, 0.3) is 22.4 Å². The van der Waals surface area contributed by atoms with Gasteiger partial charge in [0.05, 0.1) is 18.2 Å². The molecule has 0 bridgehead atoms. The lowest BCUT2D eigenvalue weighted by molar-refractivity contribution is -0.117. The van der Waals surface area contributed by atoms with Crippen molar-refractivity contribution in [2.24, 2.45) is 0 Å². The van der Waals surface area contributed by atoms with Crippen LogP contribution in [0.5, 0.6) is 0 Å². The lowest BCUT2D eigenvalue weighted by Gasteiger charge is -2.16. The molecule has 9 heteroatoms. The predicted molar refractivity (Wildman–Crippen MR) is 121 cm³/mol. The lowest BCUT2D eigenvalue weighted by atomic mass is 10.2. The van der Waals surface area contributed by atoms with Gasteiger partial charge in [-0.1, -0.05) is 6.08 Å². The summed E-state index contributed by atoms with van der Waals surface area (Å²) in [7, 11) is 0. The molecule has 5 rings (SSSR count). The third-order valence-electron chi connectivity index (χ3n) is 5.26. The Hall–Kier alpha value is -4.27. The van der Waals surface area contributed by atoms with Gasteiger partial charge in [0, 0.05) is 30.5 Å². The summed E-state index contributed by atoms with van der Waals surface area (Å²) in [6, 6.07) is 11.0. The van der Waals surface area contributed by atoms with E-state index in [0.717, 1.165) is 24.3 Å². The number of carbonyl (C=O) groups is 1. The summed E-state index contributed by atoms with van der Waals surface area (Å²) in [4.78, 5) is 35.4. The molecule has 1 aliphatic heterocycles. The number of hydrogen-bond donors (Lipinski definition) is 1. The molecule has 1 amide bonds. The molecular weight excluding hydrogens is 408 g/mol. The second kappa shape index (κ2) is 8.10. The highest BCUT2D eigenvalue weighted by atomic mass is 16.3. The molecule has 32 heavy (non-hydrogen) atoms. The summed E-state index contributed by atoms with van der Waals surface area (Å²) in [5.41, 5.74) is 2.15. The molecule has 1 fully saturated rings. The van der Waals surface area contributed by atoms with E-state index in [1.165, 1.54) is 10.9 Å². The van der Waals surface area contributed by atoms with Crippen LogP contribution < -0.4 is 15.8 Å². The van der Waals surface area contributed by atoms with Gasteiger partial charge in [-0.2, -0.15) is 5.10 Å². The van der Waals surface area contributed by atoms with E-state index in [0.29, 0.717) is 34.7 Å². The molecule has 1 aliphatic rings. The van der Waals surface area contributed by atoms with Gasteiger partial charge >= 0.3 is 0 Å². The normalized spacial score (nSPS) is 13.6. The topological polar surface area (TPSA) is 106 Å². The Morgan fingerprint density at radius 2 is 2.03 bits per heavy atom. The Bertz CT molecular complexity index is 1360. The van der Waals surface area contributed by atoms with Crippen LogP contribution in [-0.2, 0) is 11.3 Å². The van der Waals surface area contributed by atoms with E-state index in [9.17, 15) is 9.59 Å². The number of aromatic nitrogens is 4. The number of anilines is 3. The van der Waals surface area contributed by atoms with Crippen molar-refractivity contribution in [1.29, 1.82) is 0 Å². The monoisotopic (exact) mass is 428 g/mol. The minimum Gasteiger partial charge on any atom is -0.463 e. The minimum atomic E-state index is -0.304. The second-order valence-electron chi connectivity index (χ2n) is 7.38. The van der Waals surface area contributed by atoms with E-state index in [1.54, 1.807) is 29.4 Å². The number of allylic oxidation sites excluding steroid dienone is 1. The third-order valence-corrected chi connectivity index (χ3v) is 5.26. The van der Waals surface area contributed by atoms with Crippen molar-refractivity contribution in [3.05, 3.63) is 71.9 Å². The van der Waals surface area contributed by atoms with Gasteiger partial charge < -0.3 is 14.6 Å². The smallest absolute Gasteiger partial charge is 0.278 e. The molecule has 0 unspecified atom stereocenters. The third kappa shape index (κ3) is 3.53. The fourth-order valence-electron chi connectivity index (χ4n) is 3.73. The maximum atomic E-state index is 12.8. The van der Waals surface area contributed by atoms with E-state index in [-0.39, 0.29) is 18.0 Å². The second-order valence-corrected chi connectivity index (χ2v) is 7.38. The van der Waals surface area contributed by atoms with Crippen molar-refractivity contribution < 1.29 is 9.21 Å². The molecule has 3 aromatic heterocycles. The van der Waals surface area contributed by atoms with Gasteiger partial charge in [0.1, 0.15) is 5.52 Å². The maximum absolute atomic E-state index is 12.8. The average molecular weight is 428 g/mol. The molecule has 160 valence electrons. The van der Waals surface area contributed by atoms with Crippen LogP contribution in [0.2, 0.25) is 0 Å². The molecule has 0 aliphatic carbocycles. The SMILES string of the molecule is C=CCn1nc(-c2ccco2)c2nc(Nc3ccc(N4CCCC4=O)cc3)ncc2c1=O. The largest absolute Gasteiger partial charge is 0.463 e. The molecular formula is C23H20N6O3. The number of benzene rings is 1. The van der Waals surface area contributed by atoms with Crippen LogP contribution in [0.15, 0.2) is 70.7 Å². The Morgan fingerprint density at radius 1 is 1.19 bits per heavy atom. The fraction of sp³-hybridized carbons (Fsp3) is 0.174. The maximum Gasteiger partial charge on any atom is 0.278 e. The van der Waals surface area contributed by atoms with Crippen LogP contribution in [0, 0.1) is 0 Å². The number of fused-ring (bicyclic) bond motifs is 1. The van der Waals surface area contributed by atoms with Crippen molar-refractivity contribution in [2.45, 2.75) is 19.4 Å². The molecule has 4 heterocycles. The zero-order chi connectivity index (χ0) is 22.1. The van der Waals surface area contributed by atoms with Gasteiger partial charge in [-0.3, -0.25) is 9.59 Å². The number of carbonyl (C=O) groups excluding carboxylic acids is 1. The molecule has 1 N–H and O–H groups in total. The van der Waals surface area contributed by atoms with Gasteiger partial charge in [-0.15, -0.1) is 6.58 Å². The van der Waals surface area contributed by atoms with Crippen molar-refractivity contribution in [3.8, 4) is 11.5 Å². The summed E-state index contributed by atoms with van der Waals surface area (Å²) in [5, 5.41) is 7.91. The van der Waals surface area contributed by atoms with Gasteiger partial charge in [0.25, 0.3) is 5.56 Å². The summed E-state index contributed by atoms with van der Waals surface area (Å²) in [6.07, 6.45) is 6.09. The van der Waals surface area contributed by atoms with Crippen molar-refractivity contribution in [1.82, 2.24) is 19.7 Å². The number of rotatable bonds is 6. The van der Waals surface area contributed by atoms with Gasteiger partial charge in [-0.05, 0) is 42.8 Å². The number of nitrogens with one attached hydrogen (secondary N) is 1. The van der Waals surface area contributed by atoms with Gasteiger partial charge in [0.15, 0.2) is 11.5 Å². The molecule has 0 atom stereocenters. The van der Waals surface area contributed by atoms with E-state index < -0.39 is 0 Å². The summed E-state index contributed by atoms with van der Waals surface area (Å²) < 4.78 is 6.82. The van der Waals surface area contributed by atoms with Crippen LogP contribution in [0.4, 0.5) is 17.3 Å². The van der Waals surface area contributed by atoms with Crippen LogP contribution in [-0.4, -0.2) is 32.2 Å². The Balaban J connectivity index is 1.51. The molecule has 0 saturated carbocycles. The van der Waals surface area contributed by atoms with Crippen molar-refractivity contribution >= 4 is 34.1 Å². The van der Waals surface area contributed by atoms with E-state index in [1.807, 2.05) is 24.3 Å². The van der Waals surface area contributed by atoms with Crippen molar-refractivity contribution in [2.75, 3.05) is 16.8 Å². The van der Waals surface area contributed by atoms with Crippen LogP contribution in [0.3, 0.4) is 0 Å². The summed E-state index contributed by atoms with van der Waals surface area (Å²) in [6.45, 7) is 4.68. The fourth-order valence-corrected chi connectivity index (χ4v) is 3.73. The first-order valence-electron chi connectivity index (χ1n) is 10.2. The quantitative estimate of drug-likeness (QED) is 0.469. The van der Waals surface area contributed by atoms with Crippen LogP contribution in [0.1, 0.15) is 12.8 Å². The highest BCUT2D eigenvalue weighted by Gasteiger charge is 2.21. The Morgan fingerprint density at radius 3 is 2.72 bits per heavy atom. The van der Waals surface area contributed by atoms with Gasteiger partial charge in [0.2, 0.25) is 11.9 Å². The molecule has 1 saturated heterocycles. The molecule has 1 aromatic carbocycles. The summed E-state index contributed by atoms with van der Waals surface area (Å²) >= 11 is 0. The lowest BCUT2D eigenvalue weighted by Crippen LogP contribution is -2.24. The van der Waals surface area contributed by atoms with Crippen molar-refractivity contribution in [3.63, 3.8) is 0 Å². The Kier molecular flexibility index (Phi) is 4.98. The highest BCUT2D eigenvalue weighted by molar-refractivity contribution is 5.95. The number of nitrogens with zero attached hydrogens (tertiary/aromatic N) is 5. The minimum absolute atomic E-state index is 0.142. The number of furan rings is 1. The number of amides is 1. The zero-order valence-corrected chi connectivity index (χ0v) is 17.2. The standard InChI is InChI=1S/C23H20N6O3/c1-2-11-29-22(31)17-14-24-23(26-20(17)21(27-29)18-5-4-13-32-18)25-15-7-9-16(10-8-15)28-12-3-6-19(28)30/h2,4-5,7-10,13-14H,1,3,6,11-12H2,(H,24,25,26). The van der Waals surface area contributed by atoms with E-state index >= 15 is 0 Å².